The van der Waals surface area contributed by atoms with Crippen LogP contribution in [-0.4, -0.2) is 4.92 Å². The summed E-state index contributed by atoms with van der Waals surface area (Å²) in [7, 11) is 0. The number of rotatable bonds is 4. The van der Waals surface area contributed by atoms with E-state index in [1.54, 1.807) is 6.07 Å². The lowest BCUT2D eigenvalue weighted by Gasteiger charge is -2.19. The van der Waals surface area contributed by atoms with Crippen molar-refractivity contribution in [1.82, 2.24) is 0 Å². The van der Waals surface area contributed by atoms with Crippen molar-refractivity contribution < 1.29 is 9.66 Å². The fourth-order valence-corrected chi connectivity index (χ4v) is 2.18. The predicted molar refractivity (Wildman–Crippen MR) is 87.6 cm³/mol. The summed E-state index contributed by atoms with van der Waals surface area (Å²) < 4.78 is 5.60. The Morgan fingerprint density at radius 3 is 2.32 bits per heavy atom. The van der Waals surface area contributed by atoms with E-state index in [1.165, 1.54) is 17.7 Å². The topological polar surface area (TPSA) is 52.4 Å². The van der Waals surface area contributed by atoms with Crippen LogP contribution in [0.2, 0.25) is 5.02 Å². The molecule has 0 unspecified atom stereocenters. The van der Waals surface area contributed by atoms with Crippen LogP contribution in [-0.2, 0) is 12.0 Å². The smallest absolute Gasteiger partial charge is 0.291 e. The summed E-state index contributed by atoms with van der Waals surface area (Å²) in [5.74, 6) is 0.427. The Kier molecular flexibility index (Phi) is 4.71. The minimum Gasteiger partial charge on any atom is -0.489 e. The second-order valence-electron chi connectivity index (χ2n) is 6.11. The molecule has 0 amide bonds. The maximum atomic E-state index is 10.8. The Balaban J connectivity index is 2.07. The van der Waals surface area contributed by atoms with Gasteiger partial charge in [-0.1, -0.05) is 56.6 Å². The zero-order valence-corrected chi connectivity index (χ0v) is 13.6. The van der Waals surface area contributed by atoms with Gasteiger partial charge >= 0.3 is 0 Å². The zero-order chi connectivity index (χ0) is 16.3. The van der Waals surface area contributed by atoms with Gasteiger partial charge in [-0.2, -0.15) is 0 Å². The van der Waals surface area contributed by atoms with E-state index in [0.717, 1.165) is 5.56 Å². The first kappa shape index (κ1) is 16.3. The van der Waals surface area contributed by atoms with Crippen LogP contribution >= 0.6 is 11.6 Å². The number of ether oxygens (including phenoxy) is 1. The molecule has 116 valence electrons. The molecule has 0 aliphatic carbocycles. The predicted octanol–water partition coefficient (Wildman–Crippen LogP) is 5.12. The number of nitro benzene ring substituents is 1. The van der Waals surface area contributed by atoms with Crippen LogP contribution in [0.1, 0.15) is 31.9 Å². The van der Waals surface area contributed by atoms with Crippen LogP contribution in [0.3, 0.4) is 0 Å². The lowest BCUT2D eigenvalue weighted by atomic mass is 9.87. The molecular weight excluding hydrogens is 302 g/mol. The molecule has 0 atom stereocenters. The van der Waals surface area contributed by atoms with Gasteiger partial charge in [0.25, 0.3) is 5.69 Å². The van der Waals surface area contributed by atoms with Gasteiger partial charge in [0.05, 0.1) is 11.0 Å². The minimum absolute atomic E-state index is 0.104. The zero-order valence-electron chi connectivity index (χ0n) is 12.8. The van der Waals surface area contributed by atoms with E-state index >= 15 is 0 Å². The standard InChI is InChI=1S/C17H18ClNO3/c1-17(2,3)13-6-4-12(5-7-13)11-22-14-8-9-15(18)16(10-14)19(20)21/h4-10H,11H2,1-3H3. The van der Waals surface area contributed by atoms with Gasteiger partial charge in [0, 0.05) is 0 Å². The fourth-order valence-electron chi connectivity index (χ4n) is 1.99. The molecule has 2 rings (SSSR count). The number of hydrogen-bond donors (Lipinski definition) is 0. The van der Waals surface area contributed by atoms with Crippen molar-refractivity contribution in [2.24, 2.45) is 0 Å². The highest BCUT2D eigenvalue weighted by Gasteiger charge is 2.14. The van der Waals surface area contributed by atoms with E-state index in [2.05, 4.69) is 32.9 Å². The lowest BCUT2D eigenvalue weighted by Crippen LogP contribution is -2.10. The van der Waals surface area contributed by atoms with Gasteiger partial charge in [-0.05, 0) is 28.7 Å². The number of nitro groups is 1. The summed E-state index contributed by atoms with van der Waals surface area (Å²) in [5, 5.41) is 10.9. The molecule has 5 heteroatoms. The Labute approximate surface area is 134 Å². The van der Waals surface area contributed by atoms with Crippen molar-refractivity contribution in [2.45, 2.75) is 32.8 Å². The quantitative estimate of drug-likeness (QED) is 0.580. The van der Waals surface area contributed by atoms with Crippen LogP contribution in [0.15, 0.2) is 42.5 Å². The van der Waals surface area contributed by atoms with Crippen molar-refractivity contribution in [3.63, 3.8) is 0 Å². The average Bonchev–Trinajstić information content (AvgIpc) is 2.45. The van der Waals surface area contributed by atoms with E-state index in [0.29, 0.717) is 12.4 Å². The second kappa shape index (κ2) is 6.36. The van der Waals surface area contributed by atoms with E-state index in [1.807, 2.05) is 12.1 Å². The normalized spacial score (nSPS) is 11.3. The molecule has 22 heavy (non-hydrogen) atoms. The van der Waals surface area contributed by atoms with E-state index < -0.39 is 4.92 Å². The summed E-state index contributed by atoms with van der Waals surface area (Å²) >= 11 is 5.77. The average molecular weight is 320 g/mol. The van der Waals surface area contributed by atoms with Crippen molar-refractivity contribution >= 4 is 17.3 Å². The summed E-state index contributed by atoms with van der Waals surface area (Å²) in [6.45, 7) is 6.82. The monoisotopic (exact) mass is 319 g/mol. The van der Waals surface area contributed by atoms with Crippen molar-refractivity contribution in [1.29, 1.82) is 0 Å². The molecule has 0 aliphatic heterocycles. The molecule has 0 saturated heterocycles. The molecule has 2 aromatic carbocycles. The number of halogens is 1. The Morgan fingerprint density at radius 2 is 1.77 bits per heavy atom. The van der Waals surface area contributed by atoms with Gasteiger partial charge in [0.1, 0.15) is 17.4 Å². The molecule has 0 saturated carbocycles. The van der Waals surface area contributed by atoms with Crippen LogP contribution in [0.5, 0.6) is 5.75 Å². The second-order valence-corrected chi connectivity index (χ2v) is 6.51. The highest BCUT2D eigenvalue weighted by Crippen LogP contribution is 2.29. The minimum atomic E-state index is -0.521. The van der Waals surface area contributed by atoms with Gasteiger partial charge in [0.15, 0.2) is 0 Å². The van der Waals surface area contributed by atoms with Crippen molar-refractivity contribution in [2.75, 3.05) is 0 Å². The molecule has 0 heterocycles. The van der Waals surface area contributed by atoms with E-state index in [-0.39, 0.29) is 16.1 Å². The summed E-state index contributed by atoms with van der Waals surface area (Å²) in [6.07, 6.45) is 0. The molecule has 2 aromatic rings. The highest BCUT2D eigenvalue weighted by atomic mass is 35.5. The SMILES string of the molecule is CC(C)(C)c1ccc(COc2ccc(Cl)c([N+](=O)[O-])c2)cc1. The van der Waals surface area contributed by atoms with Gasteiger partial charge in [0.2, 0.25) is 0 Å². The number of benzene rings is 2. The number of nitrogens with zero attached hydrogens (tertiary/aromatic N) is 1. The molecule has 4 nitrogen and oxygen atoms in total. The van der Waals surface area contributed by atoms with Crippen LogP contribution in [0.4, 0.5) is 5.69 Å². The Bertz CT molecular complexity index is 675. The Morgan fingerprint density at radius 1 is 1.14 bits per heavy atom. The highest BCUT2D eigenvalue weighted by molar-refractivity contribution is 6.32. The molecule has 0 aliphatic rings. The molecule has 0 spiro atoms. The third-order valence-electron chi connectivity index (χ3n) is 3.34. The van der Waals surface area contributed by atoms with Crippen molar-refractivity contribution in [3.8, 4) is 5.75 Å². The van der Waals surface area contributed by atoms with Crippen molar-refractivity contribution in [3.05, 3.63) is 68.7 Å². The Hall–Kier alpha value is -2.07. The largest absolute Gasteiger partial charge is 0.489 e. The third-order valence-corrected chi connectivity index (χ3v) is 3.66. The molecule has 0 radical (unpaired) electrons. The first-order chi connectivity index (χ1) is 10.3. The van der Waals surface area contributed by atoms with Gasteiger partial charge in [-0.25, -0.2) is 0 Å². The lowest BCUT2D eigenvalue weighted by molar-refractivity contribution is -0.384. The van der Waals surface area contributed by atoms with Gasteiger partial charge < -0.3 is 4.74 Å². The molecule has 0 fully saturated rings. The van der Waals surface area contributed by atoms with Crippen LogP contribution < -0.4 is 4.74 Å². The van der Waals surface area contributed by atoms with Crippen LogP contribution in [0, 0.1) is 10.1 Å². The van der Waals surface area contributed by atoms with Gasteiger partial charge in [-0.3, -0.25) is 10.1 Å². The first-order valence-electron chi connectivity index (χ1n) is 6.93. The van der Waals surface area contributed by atoms with E-state index in [9.17, 15) is 10.1 Å². The fraction of sp³-hybridized carbons (Fsp3) is 0.294. The first-order valence-corrected chi connectivity index (χ1v) is 7.31. The summed E-state index contributed by atoms with van der Waals surface area (Å²) in [4.78, 5) is 10.3. The maximum Gasteiger partial charge on any atom is 0.291 e. The molecular formula is C17H18ClNO3. The number of hydrogen-bond acceptors (Lipinski definition) is 3. The summed E-state index contributed by atoms with van der Waals surface area (Å²) in [5.41, 5.74) is 2.21. The summed E-state index contributed by atoms with van der Waals surface area (Å²) in [6, 6.07) is 12.6. The molecule has 0 N–H and O–H groups in total. The maximum absolute atomic E-state index is 10.8. The van der Waals surface area contributed by atoms with E-state index in [4.69, 9.17) is 16.3 Å². The molecule has 0 aromatic heterocycles. The molecule has 0 bridgehead atoms. The van der Waals surface area contributed by atoms with Gasteiger partial charge in [-0.15, -0.1) is 0 Å². The third kappa shape index (κ3) is 3.98. The van der Waals surface area contributed by atoms with Crippen LogP contribution in [0.25, 0.3) is 0 Å².